The second-order valence-electron chi connectivity index (χ2n) is 4.09. The molecule has 1 atom stereocenters. The van der Waals surface area contributed by atoms with E-state index >= 15 is 0 Å². The fourth-order valence-corrected chi connectivity index (χ4v) is 1.56. The minimum absolute atomic E-state index is 0.148. The fourth-order valence-electron chi connectivity index (χ4n) is 1.56. The molecule has 1 aromatic carbocycles. The summed E-state index contributed by atoms with van der Waals surface area (Å²) in [6, 6.07) is 4.52. The molecule has 21 heavy (non-hydrogen) atoms. The molecule has 0 spiro atoms. The highest BCUT2D eigenvalue weighted by Gasteiger charge is 2.31. The van der Waals surface area contributed by atoms with Crippen molar-refractivity contribution in [1.29, 1.82) is 0 Å². The molecule has 0 saturated heterocycles. The summed E-state index contributed by atoms with van der Waals surface area (Å²) in [6.07, 6.45) is -4.73. The summed E-state index contributed by atoms with van der Waals surface area (Å²) in [6.45, 7) is 0.220. The van der Waals surface area contributed by atoms with Gasteiger partial charge in [-0.25, -0.2) is 0 Å². The van der Waals surface area contributed by atoms with Crippen LogP contribution in [0.1, 0.15) is 11.9 Å². The van der Waals surface area contributed by atoms with Crippen LogP contribution in [0.15, 0.2) is 28.8 Å². The summed E-state index contributed by atoms with van der Waals surface area (Å²) >= 11 is 0. The zero-order chi connectivity index (χ0) is 15.5. The third kappa shape index (κ3) is 4.17. The van der Waals surface area contributed by atoms with Crippen molar-refractivity contribution in [3.05, 3.63) is 30.1 Å². The second-order valence-corrected chi connectivity index (χ2v) is 4.09. The van der Waals surface area contributed by atoms with Gasteiger partial charge < -0.3 is 19.7 Å². The number of hydrogen-bond acceptors (Lipinski definition) is 6. The Hall–Kier alpha value is -2.13. The van der Waals surface area contributed by atoms with Gasteiger partial charge in [0.1, 0.15) is 5.75 Å². The first-order valence-electron chi connectivity index (χ1n) is 5.83. The molecule has 1 heterocycles. The molecule has 0 saturated carbocycles. The SMILES string of the molecule is COCC(N)c1noc(-c2ccc(OC(F)(F)F)cc2)n1. The Labute approximate surface area is 117 Å². The largest absolute Gasteiger partial charge is 0.573 e. The Kier molecular flexibility index (Phi) is 4.43. The summed E-state index contributed by atoms with van der Waals surface area (Å²) in [7, 11) is 1.49. The smallest absolute Gasteiger partial charge is 0.406 e. The Balaban J connectivity index is 2.12. The molecule has 0 aliphatic heterocycles. The Bertz CT molecular complexity index is 583. The first kappa shape index (κ1) is 15.3. The van der Waals surface area contributed by atoms with E-state index in [0.717, 1.165) is 12.1 Å². The molecule has 2 aromatic rings. The number of rotatable bonds is 5. The van der Waals surface area contributed by atoms with Crippen LogP contribution in [0.4, 0.5) is 13.2 Å². The minimum Gasteiger partial charge on any atom is -0.406 e. The average Bonchev–Trinajstić information content (AvgIpc) is 2.87. The lowest BCUT2D eigenvalue weighted by Gasteiger charge is -2.08. The van der Waals surface area contributed by atoms with Gasteiger partial charge in [0.25, 0.3) is 5.89 Å². The topological polar surface area (TPSA) is 83.4 Å². The van der Waals surface area contributed by atoms with Gasteiger partial charge in [0.15, 0.2) is 5.82 Å². The lowest BCUT2D eigenvalue weighted by molar-refractivity contribution is -0.274. The number of alkyl halides is 3. The molecule has 0 fully saturated rings. The maximum Gasteiger partial charge on any atom is 0.573 e. The van der Waals surface area contributed by atoms with Gasteiger partial charge in [0.2, 0.25) is 0 Å². The van der Waals surface area contributed by atoms with Gasteiger partial charge in [-0.05, 0) is 24.3 Å². The van der Waals surface area contributed by atoms with Crippen molar-refractivity contribution in [2.45, 2.75) is 12.4 Å². The molecule has 2 rings (SSSR count). The van der Waals surface area contributed by atoms with E-state index in [9.17, 15) is 13.2 Å². The van der Waals surface area contributed by atoms with Gasteiger partial charge in [-0.3, -0.25) is 0 Å². The Morgan fingerprint density at radius 1 is 1.29 bits per heavy atom. The van der Waals surface area contributed by atoms with Crippen molar-refractivity contribution in [2.24, 2.45) is 5.73 Å². The molecule has 0 radical (unpaired) electrons. The van der Waals surface area contributed by atoms with Gasteiger partial charge in [-0.1, -0.05) is 5.16 Å². The van der Waals surface area contributed by atoms with Crippen LogP contribution in [0.3, 0.4) is 0 Å². The highest BCUT2D eigenvalue weighted by Crippen LogP contribution is 2.26. The van der Waals surface area contributed by atoms with Crippen LogP contribution in [-0.2, 0) is 4.74 Å². The minimum atomic E-state index is -4.73. The number of hydrogen-bond donors (Lipinski definition) is 1. The molecule has 0 aliphatic carbocycles. The quantitative estimate of drug-likeness (QED) is 0.912. The molecule has 6 nitrogen and oxygen atoms in total. The van der Waals surface area contributed by atoms with Gasteiger partial charge in [-0.15, -0.1) is 13.2 Å². The van der Waals surface area contributed by atoms with E-state index in [0.29, 0.717) is 5.56 Å². The number of benzene rings is 1. The molecule has 9 heteroatoms. The molecule has 0 bridgehead atoms. The first-order valence-corrected chi connectivity index (χ1v) is 5.83. The molecule has 1 unspecified atom stereocenters. The zero-order valence-electron chi connectivity index (χ0n) is 10.9. The fraction of sp³-hybridized carbons (Fsp3) is 0.333. The van der Waals surface area contributed by atoms with Gasteiger partial charge >= 0.3 is 6.36 Å². The van der Waals surface area contributed by atoms with E-state index in [2.05, 4.69) is 14.9 Å². The lowest BCUT2D eigenvalue weighted by Crippen LogP contribution is -2.17. The number of methoxy groups -OCH3 is 1. The first-order chi connectivity index (χ1) is 9.89. The standard InChI is InChI=1S/C12H12F3N3O3/c1-19-6-9(16)10-17-11(21-18-10)7-2-4-8(5-3-7)20-12(13,14)15/h2-5,9H,6,16H2,1H3. The Morgan fingerprint density at radius 2 is 1.95 bits per heavy atom. The summed E-state index contributed by atoms with van der Waals surface area (Å²) < 4.78 is 49.8. The van der Waals surface area contributed by atoms with Crippen LogP contribution < -0.4 is 10.5 Å². The summed E-state index contributed by atoms with van der Waals surface area (Å²) in [5.74, 6) is 0.0691. The number of halogens is 3. The third-order valence-corrected chi connectivity index (χ3v) is 2.45. The second kappa shape index (κ2) is 6.10. The van der Waals surface area contributed by atoms with Crippen LogP contribution in [-0.4, -0.2) is 30.2 Å². The highest BCUT2D eigenvalue weighted by atomic mass is 19.4. The van der Waals surface area contributed by atoms with Crippen LogP contribution in [0.25, 0.3) is 11.5 Å². The van der Waals surface area contributed by atoms with Crippen molar-refractivity contribution in [1.82, 2.24) is 10.1 Å². The zero-order valence-corrected chi connectivity index (χ0v) is 10.9. The van der Waals surface area contributed by atoms with Crippen molar-refractivity contribution in [3.63, 3.8) is 0 Å². The molecule has 2 N–H and O–H groups in total. The number of aromatic nitrogens is 2. The lowest BCUT2D eigenvalue weighted by atomic mass is 10.2. The molecular formula is C12H12F3N3O3. The van der Waals surface area contributed by atoms with Crippen molar-refractivity contribution in [3.8, 4) is 17.2 Å². The Morgan fingerprint density at radius 3 is 2.52 bits per heavy atom. The number of ether oxygens (including phenoxy) is 2. The maximum atomic E-state index is 12.0. The van der Waals surface area contributed by atoms with Crippen molar-refractivity contribution >= 4 is 0 Å². The van der Waals surface area contributed by atoms with E-state index in [1.54, 1.807) is 0 Å². The number of nitrogens with two attached hydrogens (primary N) is 1. The van der Waals surface area contributed by atoms with E-state index in [1.165, 1.54) is 19.2 Å². The normalized spacial score (nSPS) is 13.2. The summed E-state index contributed by atoms with van der Waals surface area (Å²) in [4.78, 5) is 4.06. The maximum absolute atomic E-state index is 12.0. The van der Waals surface area contributed by atoms with E-state index < -0.39 is 12.4 Å². The average molecular weight is 303 g/mol. The molecule has 1 aromatic heterocycles. The monoisotopic (exact) mass is 303 g/mol. The summed E-state index contributed by atoms with van der Waals surface area (Å²) in [5, 5.41) is 3.69. The molecular weight excluding hydrogens is 291 g/mol. The third-order valence-electron chi connectivity index (χ3n) is 2.45. The van der Waals surface area contributed by atoms with Crippen LogP contribution in [0.2, 0.25) is 0 Å². The van der Waals surface area contributed by atoms with E-state index in [-0.39, 0.29) is 24.1 Å². The van der Waals surface area contributed by atoms with Gasteiger partial charge in [0.05, 0.1) is 12.6 Å². The van der Waals surface area contributed by atoms with Crippen LogP contribution in [0.5, 0.6) is 5.75 Å². The van der Waals surface area contributed by atoms with Crippen molar-refractivity contribution < 1.29 is 27.2 Å². The molecule has 114 valence electrons. The van der Waals surface area contributed by atoms with Gasteiger partial charge in [0, 0.05) is 12.7 Å². The molecule has 0 amide bonds. The summed E-state index contributed by atoms with van der Waals surface area (Å²) in [5.41, 5.74) is 6.19. The van der Waals surface area contributed by atoms with Crippen molar-refractivity contribution in [2.75, 3.05) is 13.7 Å². The van der Waals surface area contributed by atoms with E-state index in [1.807, 2.05) is 0 Å². The predicted molar refractivity (Wildman–Crippen MR) is 65.2 cm³/mol. The van der Waals surface area contributed by atoms with Crippen LogP contribution in [0, 0.1) is 0 Å². The molecule has 0 aliphatic rings. The number of nitrogens with zero attached hydrogens (tertiary/aromatic N) is 2. The van der Waals surface area contributed by atoms with Crippen LogP contribution >= 0.6 is 0 Å². The van der Waals surface area contributed by atoms with E-state index in [4.69, 9.17) is 15.0 Å². The van der Waals surface area contributed by atoms with Gasteiger partial charge in [-0.2, -0.15) is 4.98 Å². The predicted octanol–water partition coefficient (Wildman–Crippen LogP) is 2.28. The highest BCUT2D eigenvalue weighted by molar-refractivity contribution is 5.54.